The molecule has 0 heterocycles. The van der Waals surface area contributed by atoms with Crippen molar-refractivity contribution in [2.24, 2.45) is 11.8 Å². The molecule has 1 aliphatic rings. The van der Waals surface area contributed by atoms with E-state index in [0.29, 0.717) is 28.5 Å². The van der Waals surface area contributed by atoms with Crippen LogP contribution in [0.15, 0.2) is 48.5 Å². The lowest BCUT2D eigenvalue weighted by Gasteiger charge is -2.15. The highest BCUT2D eigenvalue weighted by molar-refractivity contribution is 5.98. The Labute approximate surface area is 162 Å². The van der Waals surface area contributed by atoms with Crippen molar-refractivity contribution in [2.45, 2.75) is 19.4 Å². The Balaban J connectivity index is 1.66. The summed E-state index contributed by atoms with van der Waals surface area (Å²) in [6.07, 6.45) is 0.897. The van der Waals surface area contributed by atoms with Crippen LogP contribution in [0.25, 0.3) is 0 Å². The number of carbonyl (C=O) groups is 3. The number of carbonyl (C=O) groups excluding carboxylic acids is 2. The third-order valence-corrected chi connectivity index (χ3v) is 4.83. The first-order valence-corrected chi connectivity index (χ1v) is 8.97. The Bertz CT molecular complexity index is 877. The molecule has 0 spiro atoms. The molecule has 3 unspecified atom stereocenters. The van der Waals surface area contributed by atoms with Crippen molar-refractivity contribution >= 4 is 23.5 Å². The normalized spacial score (nSPS) is 18.6. The molecule has 7 heteroatoms. The average Bonchev–Trinajstić information content (AvgIpc) is 3.43. The number of hydrogen-bond donors (Lipinski definition) is 3. The molecule has 7 nitrogen and oxygen atoms in total. The Morgan fingerprint density at radius 3 is 2.18 bits per heavy atom. The van der Waals surface area contributed by atoms with Crippen LogP contribution in [-0.2, 0) is 9.59 Å². The second kappa shape index (κ2) is 8.12. The summed E-state index contributed by atoms with van der Waals surface area (Å²) in [4.78, 5) is 36.0. The molecular formula is C21H22N2O5. The number of rotatable bonds is 7. The standard InChI is InChI=1S/C21H22N2O5/c1-12-11-17(12)20(25)22-15-7-3-14(4-8-15)19(24)23-18(21(26)27)13-5-9-16(28-2)10-6-13/h3-10,12,17-18H,11H2,1-2H3,(H,22,25)(H,23,24)(H,26,27). The summed E-state index contributed by atoms with van der Waals surface area (Å²) in [6, 6.07) is 11.6. The van der Waals surface area contributed by atoms with Crippen molar-refractivity contribution in [3.8, 4) is 5.75 Å². The van der Waals surface area contributed by atoms with E-state index in [1.807, 2.05) is 6.92 Å². The quantitative estimate of drug-likeness (QED) is 0.683. The minimum atomic E-state index is -1.19. The third kappa shape index (κ3) is 4.49. The average molecular weight is 382 g/mol. The number of anilines is 1. The first-order chi connectivity index (χ1) is 13.4. The fourth-order valence-corrected chi connectivity index (χ4v) is 2.93. The lowest BCUT2D eigenvalue weighted by molar-refractivity contribution is -0.139. The van der Waals surface area contributed by atoms with Gasteiger partial charge in [-0.2, -0.15) is 0 Å². The SMILES string of the molecule is COc1ccc(C(NC(=O)c2ccc(NC(=O)C3CC3C)cc2)C(=O)O)cc1. The zero-order valence-electron chi connectivity index (χ0n) is 15.6. The van der Waals surface area contributed by atoms with Crippen LogP contribution >= 0.6 is 0 Å². The smallest absolute Gasteiger partial charge is 0.330 e. The van der Waals surface area contributed by atoms with Gasteiger partial charge in [0, 0.05) is 17.2 Å². The molecule has 0 aliphatic heterocycles. The molecule has 1 saturated carbocycles. The van der Waals surface area contributed by atoms with Crippen LogP contribution in [0.2, 0.25) is 0 Å². The van der Waals surface area contributed by atoms with Crippen molar-refractivity contribution in [3.05, 3.63) is 59.7 Å². The summed E-state index contributed by atoms with van der Waals surface area (Å²) >= 11 is 0. The van der Waals surface area contributed by atoms with Crippen molar-refractivity contribution in [1.29, 1.82) is 0 Å². The molecular weight excluding hydrogens is 360 g/mol. The van der Waals surface area contributed by atoms with Crippen LogP contribution in [0, 0.1) is 11.8 Å². The first kappa shape index (κ1) is 19.4. The number of ether oxygens (including phenoxy) is 1. The summed E-state index contributed by atoms with van der Waals surface area (Å²) in [5.74, 6) is -0.634. The van der Waals surface area contributed by atoms with Gasteiger partial charge in [0.2, 0.25) is 5.91 Å². The van der Waals surface area contributed by atoms with Crippen molar-refractivity contribution in [3.63, 3.8) is 0 Å². The second-order valence-electron chi connectivity index (χ2n) is 6.90. The lowest BCUT2D eigenvalue weighted by atomic mass is 10.1. The molecule has 0 bridgehead atoms. The number of benzene rings is 2. The number of carboxylic acid groups (broad SMARTS) is 1. The Hall–Kier alpha value is -3.35. The van der Waals surface area contributed by atoms with E-state index in [4.69, 9.17) is 4.74 Å². The highest BCUT2D eigenvalue weighted by Gasteiger charge is 2.39. The van der Waals surface area contributed by atoms with Crippen molar-refractivity contribution in [2.75, 3.05) is 12.4 Å². The van der Waals surface area contributed by atoms with Gasteiger partial charge in [0.15, 0.2) is 6.04 Å². The fourth-order valence-electron chi connectivity index (χ4n) is 2.93. The Morgan fingerprint density at radius 2 is 1.68 bits per heavy atom. The van der Waals surface area contributed by atoms with Crippen LogP contribution in [0.5, 0.6) is 5.75 Å². The molecule has 2 aromatic carbocycles. The maximum absolute atomic E-state index is 12.5. The molecule has 0 saturated heterocycles. The molecule has 0 aromatic heterocycles. The Morgan fingerprint density at radius 1 is 1.07 bits per heavy atom. The van der Waals surface area contributed by atoms with Crippen LogP contribution < -0.4 is 15.4 Å². The maximum Gasteiger partial charge on any atom is 0.330 e. The third-order valence-electron chi connectivity index (χ3n) is 4.83. The van der Waals surface area contributed by atoms with E-state index in [0.717, 1.165) is 6.42 Å². The van der Waals surface area contributed by atoms with Gasteiger partial charge < -0.3 is 20.5 Å². The number of aliphatic carboxylic acids is 1. The summed E-state index contributed by atoms with van der Waals surface area (Å²) in [6.45, 7) is 2.03. The molecule has 3 N–H and O–H groups in total. The zero-order chi connectivity index (χ0) is 20.3. The molecule has 3 atom stereocenters. The van der Waals surface area contributed by atoms with Crippen LogP contribution in [0.1, 0.15) is 35.3 Å². The van der Waals surface area contributed by atoms with Gasteiger partial charge in [-0.15, -0.1) is 0 Å². The number of hydrogen-bond acceptors (Lipinski definition) is 4. The van der Waals surface area contributed by atoms with Crippen molar-refractivity contribution in [1.82, 2.24) is 5.32 Å². The number of amides is 2. The van der Waals surface area contributed by atoms with Gasteiger partial charge in [-0.25, -0.2) is 4.79 Å². The molecule has 2 amide bonds. The van der Waals surface area contributed by atoms with E-state index in [1.54, 1.807) is 48.5 Å². The van der Waals surface area contributed by atoms with Crippen LogP contribution in [-0.4, -0.2) is 30.0 Å². The molecule has 1 fully saturated rings. The van der Waals surface area contributed by atoms with Crippen molar-refractivity contribution < 1.29 is 24.2 Å². The Kier molecular flexibility index (Phi) is 5.63. The van der Waals surface area contributed by atoms with E-state index in [1.165, 1.54) is 7.11 Å². The van der Waals surface area contributed by atoms with Gasteiger partial charge >= 0.3 is 5.97 Å². The van der Waals surface area contributed by atoms with Gasteiger partial charge in [-0.05, 0) is 54.3 Å². The van der Waals surface area contributed by atoms with E-state index in [9.17, 15) is 19.5 Å². The lowest BCUT2D eigenvalue weighted by Crippen LogP contribution is -2.33. The topological polar surface area (TPSA) is 105 Å². The minimum Gasteiger partial charge on any atom is -0.497 e. The van der Waals surface area contributed by atoms with E-state index < -0.39 is 17.9 Å². The van der Waals surface area contributed by atoms with E-state index in [2.05, 4.69) is 10.6 Å². The van der Waals surface area contributed by atoms with Crippen LogP contribution in [0.3, 0.4) is 0 Å². The number of methoxy groups -OCH3 is 1. The number of nitrogens with one attached hydrogen (secondary N) is 2. The van der Waals surface area contributed by atoms with Gasteiger partial charge in [-0.3, -0.25) is 9.59 Å². The predicted molar refractivity (Wildman–Crippen MR) is 103 cm³/mol. The molecule has 28 heavy (non-hydrogen) atoms. The molecule has 3 rings (SSSR count). The number of carboxylic acids is 1. The summed E-state index contributed by atoms with van der Waals surface area (Å²) in [5, 5.41) is 14.8. The summed E-state index contributed by atoms with van der Waals surface area (Å²) in [5.41, 5.74) is 1.34. The molecule has 2 aromatic rings. The largest absolute Gasteiger partial charge is 0.497 e. The zero-order valence-corrected chi connectivity index (χ0v) is 15.6. The second-order valence-corrected chi connectivity index (χ2v) is 6.90. The predicted octanol–water partition coefficient (Wildman–Crippen LogP) is 2.85. The molecule has 1 aliphatic carbocycles. The van der Waals surface area contributed by atoms with E-state index >= 15 is 0 Å². The minimum absolute atomic E-state index is 0.0184. The van der Waals surface area contributed by atoms with E-state index in [-0.39, 0.29) is 11.8 Å². The van der Waals surface area contributed by atoms with Gasteiger partial charge in [0.1, 0.15) is 5.75 Å². The maximum atomic E-state index is 12.5. The highest BCUT2D eigenvalue weighted by atomic mass is 16.5. The highest BCUT2D eigenvalue weighted by Crippen LogP contribution is 2.38. The first-order valence-electron chi connectivity index (χ1n) is 8.97. The van der Waals surface area contributed by atoms with Crippen LogP contribution in [0.4, 0.5) is 5.69 Å². The monoisotopic (exact) mass is 382 g/mol. The van der Waals surface area contributed by atoms with Gasteiger partial charge in [0.25, 0.3) is 5.91 Å². The fraction of sp³-hybridized carbons (Fsp3) is 0.286. The molecule has 146 valence electrons. The molecule has 0 radical (unpaired) electrons. The van der Waals surface area contributed by atoms with Gasteiger partial charge in [0.05, 0.1) is 7.11 Å². The summed E-state index contributed by atoms with van der Waals surface area (Å²) < 4.78 is 5.06. The summed E-state index contributed by atoms with van der Waals surface area (Å²) in [7, 11) is 1.52. The van der Waals surface area contributed by atoms with Gasteiger partial charge in [-0.1, -0.05) is 19.1 Å².